The summed E-state index contributed by atoms with van der Waals surface area (Å²) in [5.41, 5.74) is 19.1. The summed E-state index contributed by atoms with van der Waals surface area (Å²) >= 11 is 0. The van der Waals surface area contributed by atoms with Crippen molar-refractivity contribution in [2.45, 2.75) is 13.8 Å². The van der Waals surface area contributed by atoms with Gasteiger partial charge in [0, 0.05) is 46.0 Å². The van der Waals surface area contributed by atoms with E-state index in [9.17, 15) is 29.4 Å². The maximum atomic E-state index is 13.9. The number of hydrogen-bond acceptors (Lipinski definition) is 10. The fourth-order valence-corrected chi connectivity index (χ4v) is 8.23. The minimum absolute atomic E-state index is 0.0845. The van der Waals surface area contributed by atoms with Crippen LogP contribution in [0.2, 0.25) is 0 Å². The molecular formula is C52H46N4O10. The Morgan fingerprint density at radius 3 is 1.32 bits per heavy atom. The average molecular weight is 887 g/mol. The number of carboxylic acids is 2. The van der Waals surface area contributed by atoms with Gasteiger partial charge in [0.25, 0.3) is 0 Å². The number of ether oxygens (including phenoxy) is 4. The predicted octanol–water partition coefficient (Wildman–Crippen LogP) is 8.66. The second-order valence-corrected chi connectivity index (χ2v) is 15.5. The van der Waals surface area contributed by atoms with Gasteiger partial charge in [-0.25, -0.2) is 9.59 Å². The zero-order valence-corrected chi connectivity index (χ0v) is 36.2. The van der Waals surface area contributed by atoms with Gasteiger partial charge in [-0.05, 0) is 110 Å². The lowest BCUT2D eigenvalue weighted by molar-refractivity contribution is 0.0274. The van der Waals surface area contributed by atoms with Crippen LogP contribution in [-0.4, -0.2) is 82.2 Å². The summed E-state index contributed by atoms with van der Waals surface area (Å²) in [6.07, 6.45) is 3.77. The summed E-state index contributed by atoms with van der Waals surface area (Å²) in [5.74, 6) is -1.77. The van der Waals surface area contributed by atoms with E-state index in [1.807, 2.05) is 120 Å². The van der Waals surface area contributed by atoms with Crippen LogP contribution >= 0.6 is 0 Å². The van der Waals surface area contributed by atoms with Crippen LogP contribution in [0.25, 0.3) is 33.5 Å². The number of nitrogens with two attached hydrogens (primary N) is 2. The van der Waals surface area contributed by atoms with E-state index in [1.54, 1.807) is 12.1 Å². The number of hydrogen-bond donors (Lipinski definition) is 4. The molecule has 0 atom stereocenters. The molecule has 0 bridgehead atoms. The monoisotopic (exact) mass is 886 g/mol. The fraction of sp³-hybridized carbons (Fsp3) is 0.154. The minimum Gasteiger partial charge on any atom is -0.491 e. The number of aromatic carboxylic acids is 2. The summed E-state index contributed by atoms with van der Waals surface area (Å²) in [4.78, 5) is 51.3. The Balaban J connectivity index is 0.825. The number of nitrogens with zero attached hydrogens (tertiary/aromatic N) is 2. The average Bonchev–Trinajstić information content (AvgIpc) is 3.78. The van der Waals surface area contributed by atoms with Gasteiger partial charge in [-0.3, -0.25) is 9.59 Å². The van der Waals surface area contributed by atoms with Crippen molar-refractivity contribution in [2.75, 3.05) is 51.1 Å². The molecule has 4 aromatic heterocycles. The van der Waals surface area contributed by atoms with Crippen LogP contribution in [0.4, 0.5) is 11.4 Å². The number of carboxylic acid groups (broad SMARTS) is 2. The molecule has 8 rings (SSSR count). The van der Waals surface area contributed by atoms with Crippen LogP contribution in [0.5, 0.6) is 11.5 Å². The Morgan fingerprint density at radius 1 is 0.500 bits per heavy atom. The first-order chi connectivity index (χ1) is 31.9. The van der Waals surface area contributed by atoms with Crippen molar-refractivity contribution in [3.8, 4) is 34.0 Å². The summed E-state index contributed by atoms with van der Waals surface area (Å²) < 4.78 is 27.5. The van der Waals surface area contributed by atoms with Crippen molar-refractivity contribution in [3.05, 3.63) is 178 Å². The molecule has 66 heavy (non-hydrogen) atoms. The third-order valence-electron chi connectivity index (χ3n) is 11.3. The SMILES string of the molecule is Cc1c(C(=O)c2ccc(N)c(C(=O)O)c2)c2ccccn2c1-c1cccc(OCCOCCOCCOc2cccc(-c3c(C)c(C(=O)c4ccc(N)c(C(=O)O)c4)c4ccccn34)c2)c1. The number of ketones is 2. The molecule has 0 radical (unpaired) electrons. The molecule has 0 fully saturated rings. The van der Waals surface area contributed by atoms with Crippen molar-refractivity contribution < 1.29 is 48.3 Å². The van der Waals surface area contributed by atoms with E-state index >= 15 is 0 Å². The quantitative estimate of drug-likeness (QED) is 0.0342. The summed E-state index contributed by atoms with van der Waals surface area (Å²) in [6.45, 7) is 5.69. The number of carbonyl (C=O) groups excluding carboxylic acids is 2. The van der Waals surface area contributed by atoms with Gasteiger partial charge in [0.1, 0.15) is 24.7 Å². The van der Waals surface area contributed by atoms with E-state index in [1.165, 1.54) is 24.3 Å². The number of nitrogen functional groups attached to an aromatic ring is 2. The number of carbonyl (C=O) groups is 4. The number of benzene rings is 4. The lowest BCUT2D eigenvalue weighted by Gasteiger charge is -2.11. The standard InChI is InChI=1S/C52H46N4O10/c1-31-45(49(57)35-15-17-41(53)39(29-35)51(59)60)43-13-3-5-19-55(43)47(31)33-9-7-11-37(27-33)65-25-23-63-21-22-64-24-26-66-38-12-8-10-34(28-38)48-32(2)46(44-14-4-6-20-56(44)48)50(58)36-16-18-42(54)40(30-36)52(61)62/h3-20,27-30H,21-26,53-54H2,1-2H3,(H,59,60)(H,61,62). The number of anilines is 2. The molecule has 14 heteroatoms. The third-order valence-corrected chi connectivity index (χ3v) is 11.3. The Morgan fingerprint density at radius 2 is 0.909 bits per heavy atom. The first-order valence-corrected chi connectivity index (χ1v) is 21.1. The largest absolute Gasteiger partial charge is 0.491 e. The van der Waals surface area contributed by atoms with Gasteiger partial charge in [0.05, 0.1) is 71.1 Å². The first kappa shape index (κ1) is 44.4. The van der Waals surface area contributed by atoms with Crippen LogP contribution in [0.3, 0.4) is 0 Å². The Labute approximate surface area is 379 Å². The second-order valence-electron chi connectivity index (χ2n) is 15.5. The maximum absolute atomic E-state index is 13.9. The lowest BCUT2D eigenvalue weighted by Crippen LogP contribution is -2.13. The summed E-state index contributed by atoms with van der Waals surface area (Å²) in [7, 11) is 0. The molecule has 0 aliphatic carbocycles. The molecule has 334 valence electrons. The Bertz CT molecular complexity index is 2960. The molecule has 0 amide bonds. The van der Waals surface area contributed by atoms with E-state index in [2.05, 4.69) is 0 Å². The second kappa shape index (κ2) is 19.3. The number of aromatic nitrogens is 2. The van der Waals surface area contributed by atoms with Crippen LogP contribution in [-0.2, 0) is 9.47 Å². The van der Waals surface area contributed by atoms with E-state index < -0.39 is 11.9 Å². The van der Waals surface area contributed by atoms with Gasteiger partial charge in [-0.1, -0.05) is 36.4 Å². The zero-order chi connectivity index (χ0) is 46.5. The molecule has 6 N–H and O–H groups in total. The Kier molecular flexibility index (Phi) is 13.0. The highest BCUT2D eigenvalue weighted by molar-refractivity contribution is 6.17. The lowest BCUT2D eigenvalue weighted by atomic mass is 9.97. The topological polar surface area (TPSA) is 207 Å². The van der Waals surface area contributed by atoms with Crippen LogP contribution in [0.15, 0.2) is 134 Å². The highest BCUT2D eigenvalue weighted by Gasteiger charge is 2.26. The van der Waals surface area contributed by atoms with Gasteiger partial charge in [0.15, 0.2) is 11.6 Å². The zero-order valence-electron chi connectivity index (χ0n) is 36.2. The normalized spacial score (nSPS) is 11.2. The van der Waals surface area contributed by atoms with Crippen molar-refractivity contribution in [3.63, 3.8) is 0 Å². The van der Waals surface area contributed by atoms with Crippen molar-refractivity contribution in [1.82, 2.24) is 8.80 Å². The van der Waals surface area contributed by atoms with Gasteiger partial charge in [-0.2, -0.15) is 0 Å². The van der Waals surface area contributed by atoms with E-state index in [0.717, 1.165) is 33.6 Å². The summed E-state index contributed by atoms with van der Waals surface area (Å²) in [6, 6.07) is 34.9. The van der Waals surface area contributed by atoms with Crippen molar-refractivity contribution >= 4 is 45.9 Å². The van der Waals surface area contributed by atoms with Crippen molar-refractivity contribution in [2.24, 2.45) is 0 Å². The first-order valence-electron chi connectivity index (χ1n) is 21.1. The van der Waals surface area contributed by atoms with E-state index in [0.29, 0.717) is 73.3 Å². The molecule has 0 aliphatic heterocycles. The molecule has 4 heterocycles. The molecule has 0 aliphatic rings. The van der Waals surface area contributed by atoms with Gasteiger partial charge in [-0.15, -0.1) is 0 Å². The molecular weight excluding hydrogens is 841 g/mol. The van der Waals surface area contributed by atoms with Gasteiger partial charge < -0.3 is 49.4 Å². The molecule has 0 saturated carbocycles. The fourth-order valence-electron chi connectivity index (χ4n) is 8.23. The Hall–Kier alpha value is -8.20. The number of rotatable bonds is 19. The van der Waals surface area contributed by atoms with Crippen molar-refractivity contribution in [1.29, 1.82) is 0 Å². The van der Waals surface area contributed by atoms with Gasteiger partial charge in [0.2, 0.25) is 0 Å². The highest BCUT2D eigenvalue weighted by Crippen LogP contribution is 2.36. The van der Waals surface area contributed by atoms with Crippen LogP contribution in [0.1, 0.15) is 63.7 Å². The highest BCUT2D eigenvalue weighted by atomic mass is 16.6. The van der Waals surface area contributed by atoms with E-state index in [-0.39, 0.29) is 45.2 Å². The maximum Gasteiger partial charge on any atom is 0.337 e. The molecule has 8 aromatic rings. The smallest absolute Gasteiger partial charge is 0.337 e. The molecule has 4 aromatic carbocycles. The third kappa shape index (κ3) is 8.95. The molecule has 0 saturated heterocycles. The van der Waals surface area contributed by atoms with Gasteiger partial charge >= 0.3 is 11.9 Å². The van der Waals surface area contributed by atoms with E-state index in [4.69, 9.17) is 30.4 Å². The van der Waals surface area contributed by atoms with Crippen LogP contribution < -0.4 is 20.9 Å². The number of pyridine rings is 2. The number of fused-ring (bicyclic) bond motifs is 2. The molecule has 0 spiro atoms. The minimum atomic E-state index is -1.20. The van der Waals surface area contributed by atoms with Crippen LogP contribution in [0, 0.1) is 13.8 Å². The summed E-state index contributed by atoms with van der Waals surface area (Å²) in [5, 5.41) is 19.2. The molecule has 14 nitrogen and oxygen atoms in total. The molecule has 0 unspecified atom stereocenters. The predicted molar refractivity (Wildman–Crippen MR) is 250 cm³/mol.